The van der Waals surface area contributed by atoms with E-state index in [1.165, 1.54) is 5.69 Å². The van der Waals surface area contributed by atoms with Gasteiger partial charge in [-0.2, -0.15) is 0 Å². The van der Waals surface area contributed by atoms with Gasteiger partial charge in [0.05, 0.1) is 0 Å². The van der Waals surface area contributed by atoms with Gasteiger partial charge in [0.2, 0.25) is 0 Å². The maximum atomic E-state index is 5.82. The first-order chi connectivity index (χ1) is 6.66. The Morgan fingerprint density at radius 2 is 2.21 bits per heavy atom. The molecule has 0 amide bonds. The average Bonchev–Trinajstić information content (AvgIpc) is 2.00. The zero-order valence-electron chi connectivity index (χ0n) is 8.44. The Labute approximate surface area is 89.3 Å². The minimum Gasteiger partial charge on any atom is -0.368 e. The van der Waals surface area contributed by atoms with E-state index < -0.39 is 0 Å². The van der Waals surface area contributed by atoms with Crippen LogP contribution in [0.25, 0.3) is 0 Å². The molecule has 0 atom stereocenters. The van der Waals surface area contributed by atoms with Crippen molar-refractivity contribution in [3.05, 3.63) is 23.5 Å². The molecule has 2 heterocycles. The van der Waals surface area contributed by atoms with Crippen LogP contribution in [0.3, 0.4) is 0 Å². The van der Waals surface area contributed by atoms with E-state index in [-0.39, 0.29) is 0 Å². The number of hydrogen-bond acceptors (Lipinski definition) is 3. The lowest BCUT2D eigenvalue weighted by Crippen LogP contribution is -2.57. The number of pyridine rings is 1. The highest BCUT2D eigenvalue weighted by atomic mass is 35.5. The SMILES string of the molecule is CN(C)C1CN(c2ccnc(Cl)c2)C1. The second-order valence-corrected chi connectivity index (χ2v) is 4.25. The minimum absolute atomic E-state index is 0.566. The molecule has 4 heteroatoms. The van der Waals surface area contributed by atoms with Crippen LogP contribution in [0.15, 0.2) is 18.3 Å². The van der Waals surface area contributed by atoms with Crippen molar-refractivity contribution in [3.63, 3.8) is 0 Å². The Bertz CT molecular complexity index is 321. The highest BCUT2D eigenvalue weighted by Gasteiger charge is 2.28. The molecule has 0 unspecified atom stereocenters. The first kappa shape index (κ1) is 9.74. The summed E-state index contributed by atoms with van der Waals surface area (Å²) in [4.78, 5) is 8.52. The normalized spacial score (nSPS) is 17.3. The van der Waals surface area contributed by atoms with E-state index in [2.05, 4.69) is 28.9 Å². The molecule has 0 aliphatic carbocycles. The van der Waals surface area contributed by atoms with E-state index in [0.29, 0.717) is 11.2 Å². The number of nitrogens with zero attached hydrogens (tertiary/aromatic N) is 3. The van der Waals surface area contributed by atoms with Crippen molar-refractivity contribution in [1.82, 2.24) is 9.88 Å². The van der Waals surface area contributed by atoms with Gasteiger partial charge in [-0.3, -0.25) is 0 Å². The molecule has 0 aromatic carbocycles. The minimum atomic E-state index is 0.566. The van der Waals surface area contributed by atoms with E-state index >= 15 is 0 Å². The predicted molar refractivity (Wildman–Crippen MR) is 58.9 cm³/mol. The second kappa shape index (κ2) is 3.75. The van der Waals surface area contributed by atoms with Crippen molar-refractivity contribution < 1.29 is 0 Å². The quantitative estimate of drug-likeness (QED) is 0.691. The Hall–Kier alpha value is -0.800. The Morgan fingerprint density at radius 1 is 1.50 bits per heavy atom. The van der Waals surface area contributed by atoms with Gasteiger partial charge in [0, 0.05) is 31.0 Å². The summed E-state index contributed by atoms with van der Waals surface area (Å²) in [5, 5.41) is 0.566. The summed E-state index contributed by atoms with van der Waals surface area (Å²) < 4.78 is 0. The molecule has 76 valence electrons. The van der Waals surface area contributed by atoms with Crippen LogP contribution in [-0.4, -0.2) is 43.1 Å². The zero-order chi connectivity index (χ0) is 10.1. The summed E-state index contributed by atoms with van der Waals surface area (Å²) in [6, 6.07) is 4.58. The molecule has 0 bridgehead atoms. The smallest absolute Gasteiger partial charge is 0.131 e. The van der Waals surface area contributed by atoms with Crippen LogP contribution in [0, 0.1) is 0 Å². The number of halogens is 1. The molecular formula is C10H14ClN3. The first-order valence-corrected chi connectivity index (χ1v) is 5.07. The maximum Gasteiger partial charge on any atom is 0.131 e. The van der Waals surface area contributed by atoms with Gasteiger partial charge in [-0.15, -0.1) is 0 Å². The van der Waals surface area contributed by atoms with Crippen molar-refractivity contribution >= 4 is 17.3 Å². The highest BCUT2D eigenvalue weighted by molar-refractivity contribution is 6.29. The van der Waals surface area contributed by atoms with Crippen molar-refractivity contribution in [2.24, 2.45) is 0 Å². The van der Waals surface area contributed by atoms with Crippen molar-refractivity contribution in [2.75, 3.05) is 32.1 Å². The monoisotopic (exact) mass is 211 g/mol. The predicted octanol–water partition coefficient (Wildman–Crippen LogP) is 1.49. The highest BCUT2D eigenvalue weighted by Crippen LogP contribution is 2.23. The van der Waals surface area contributed by atoms with Crippen LogP contribution >= 0.6 is 11.6 Å². The fourth-order valence-electron chi connectivity index (χ4n) is 1.58. The van der Waals surface area contributed by atoms with E-state index in [1.807, 2.05) is 12.1 Å². The van der Waals surface area contributed by atoms with Gasteiger partial charge in [0.1, 0.15) is 5.15 Å². The fraction of sp³-hybridized carbons (Fsp3) is 0.500. The van der Waals surface area contributed by atoms with Crippen molar-refractivity contribution in [1.29, 1.82) is 0 Å². The van der Waals surface area contributed by atoms with Gasteiger partial charge in [-0.05, 0) is 26.2 Å². The molecule has 1 saturated heterocycles. The number of likely N-dealkylation sites (N-methyl/N-ethyl adjacent to an activating group) is 1. The number of aromatic nitrogens is 1. The van der Waals surface area contributed by atoms with Crippen LogP contribution in [-0.2, 0) is 0 Å². The molecule has 2 rings (SSSR count). The van der Waals surface area contributed by atoms with Gasteiger partial charge in [-0.25, -0.2) is 4.98 Å². The molecule has 1 aliphatic heterocycles. The van der Waals surface area contributed by atoms with Gasteiger partial charge < -0.3 is 9.80 Å². The Kier molecular flexibility index (Phi) is 2.61. The Morgan fingerprint density at radius 3 is 2.79 bits per heavy atom. The van der Waals surface area contributed by atoms with E-state index in [4.69, 9.17) is 11.6 Å². The largest absolute Gasteiger partial charge is 0.368 e. The molecule has 0 saturated carbocycles. The van der Waals surface area contributed by atoms with Crippen molar-refractivity contribution in [3.8, 4) is 0 Å². The fourth-order valence-corrected chi connectivity index (χ4v) is 1.75. The number of anilines is 1. The molecule has 0 spiro atoms. The van der Waals surface area contributed by atoms with Crippen LogP contribution in [0.1, 0.15) is 0 Å². The lowest BCUT2D eigenvalue weighted by atomic mass is 10.1. The summed E-state index contributed by atoms with van der Waals surface area (Å²) in [6.07, 6.45) is 1.75. The van der Waals surface area contributed by atoms with E-state index in [1.54, 1.807) is 6.20 Å². The van der Waals surface area contributed by atoms with Crippen LogP contribution < -0.4 is 4.90 Å². The average molecular weight is 212 g/mol. The Balaban J connectivity index is 2.00. The van der Waals surface area contributed by atoms with E-state index in [0.717, 1.165) is 13.1 Å². The van der Waals surface area contributed by atoms with Crippen LogP contribution in [0.4, 0.5) is 5.69 Å². The molecule has 1 aromatic heterocycles. The van der Waals surface area contributed by atoms with Gasteiger partial charge in [0.25, 0.3) is 0 Å². The van der Waals surface area contributed by atoms with Crippen LogP contribution in [0.2, 0.25) is 5.15 Å². The molecule has 3 nitrogen and oxygen atoms in total. The second-order valence-electron chi connectivity index (χ2n) is 3.86. The van der Waals surface area contributed by atoms with Gasteiger partial charge in [-0.1, -0.05) is 11.6 Å². The zero-order valence-corrected chi connectivity index (χ0v) is 9.20. The van der Waals surface area contributed by atoms with Crippen molar-refractivity contribution in [2.45, 2.75) is 6.04 Å². The molecule has 1 aliphatic rings. The lowest BCUT2D eigenvalue weighted by Gasteiger charge is -2.44. The third-order valence-corrected chi connectivity index (χ3v) is 2.87. The lowest BCUT2D eigenvalue weighted by molar-refractivity contribution is 0.247. The molecule has 1 fully saturated rings. The van der Waals surface area contributed by atoms with Gasteiger partial charge >= 0.3 is 0 Å². The number of rotatable bonds is 2. The molecule has 14 heavy (non-hydrogen) atoms. The summed E-state index contributed by atoms with van der Waals surface area (Å²) in [6.45, 7) is 2.15. The molecule has 0 N–H and O–H groups in total. The summed E-state index contributed by atoms with van der Waals surface area (Å²) in [5.41, 5.74) is 1.17. The summed E-state index contributed by atoms with van der Waals surface area (Å²) >= 11 is 5.82. The van der Waals surface area contributed by atoms with Gasteiger partial charge in [0.15, 0.2) is 0 Å². The standard InChI is InChI=1S/C10H14ClN3/c1-13(2)9-6-14(7-9)8-3-4-12-10(11)5-8/h3-5,9H,6-7H2,1-2H3. The molecule has 0 radical (unpaired) electrons. The maximum absolute atomic E-state index is 5.82. The molecule has 1 aromatic rings. The topological polar surface area (TPSA) is 19.4 Å². The van der Waals surface area contributed by atoms with E-state index in [9.17, 15) is 0 Å². The first-order valence-electron chi connectivity index (χ1n) is 4.70. The molecular weight excluding hydrogens is 198 g/mol. The number of hydrogen-bond donors (Lipinski definition) is 0. The third kappa shape index (κ3) is 1.83. The summed E-state index contributed by atoms with van der Waals surface area (Å²) in [7, 11) is 4.23. The third-order valence-electron chi connectivity index (χ3n) is 2.67. The summed E-state index contributed by atoms with van der Waals surface area (Å²) in [5.74, 6) is 0. The van der Waals surface area contributed by atoms with Crippen LogP contribution in [0.5, 0.6) is 0 Å².